The molecule has 15 N–H and O–H groups in total. The maximum atomic E-state index is 14.6. The third-order valence-electron chi connectivity index (χ3n) is 14.5. The minimum atomic E-state index is -1.10. The fourth-order valence-electron chi connectivity index (χ4n) is 9.84. The highest BCUT2D eigenvalue weighted by Crippen LogP contribution is 2.26. The minimum absolute atomic E-state index is 0.00110. The maximum Gasteiger partial charge on any atom is 0.244 e. The molecule has 78 heavy (non-hydrogen) atoms. The van der Waals surface area contributed by atoms with Crippen molar-refractivity contribution < 1.29 is 33.6 Å². The molecule has 7 atom stereocenters. The number of carbonyl (C=O) groups excluding carboxylic acids is 7. The van der Waals surface area contributed by atoms with Gasteiger partial charge >= 0.3 is 0 Å². The van der Waals surface area contributed by atoms with E-state index in [-0.39, 0.29) is 75.2 Å². The first-order valence-electron chi connectivity index (χ1n) is 29.0. The molecule has 0 radical (unpaired) electrons. The van der Waals surface area contributed by atoms with E-state index in [1.54, 1.807) is 18.6 Å². The van der Waals surface area contributed by atoms with Crippen molar-refractivity contribution in [3.05, 3.63) is 54.7 Å². The first kappa shape index (κ1) is 66.8. The number of H-pyrrole nitrogens is 3. The first-order chi connectivity index (χ1) is 37.8. The summed E-state index contributed by atoms with van der Waals surface area (Å²) in [6.45, 7) is 3.31. The topological polar surface area (TPSA) is 358 Å². The molecule has 0 aliphatic carbocycles. The molecule has 21 nitrogen and oxygen atoms in total. The van der Waals surface area contributed by atoms with Crippen LogP contribution in [0.1, 0.15) is 185 Å². The number of Topliss-reactive ketones (excluding diaryl/α,β-unsaturated/α-hetero) is 2. The predicted molar refractivity (Wildman–Crippen MR) is 306 cm³/mol. The number of imidazole rings is 3. The average Bonchev–Trinajstić information content (AvgIpc) is 4.26. The Morgan fingerprint density at radius 3 is 1.45 bits per heavy atom. The van der Waals surface area contributed by atoms with E-state index in [0.717, 1.165) is 19.3 Å². The molecule has 0 unspecified atom stereocenters. The van der Waals surface area contributed by atoms with Crippen molar-refractivity contribution in [1.82, 2.24) is 51.2 Å². The molecule has 3 aromatic rings. The normalized spacial score (nSPS) is 14.1. The quantitative estimate of drug-likeness (QED) is 0.0266. The first-order valence-corrected chi connectivity index (χ1v) is 29.6. The molecule has 0 fully saturated rings. The molecule has 0 aliphatic rings. The molecule has 3 aromatic heterocycles. The van der Waals surface area contributed by atoms with Crippen LogP contribution in [0.3, 0.4) is 0 Å². The number of nitrogens with one attached hydrogen (secondary N) is 7. The summed E-state index contributed by atoms with van der Waals surface area (Å²) in [5.74, 6) is -5.68. The Morgan fingerprint density at radius 2 is 0.949 bits per heavy atom. The smallest absolute Gasteiger partial charge is 0.244 e. The zero-order valence-electron chi connectivity index (χ0n) is 46.6. The van der Waals surface area contributed by atoms with Crippen LogP contribution in [-0.4, -0.2) is 121 Å². The number of ketones is 2. The number of hydrogen-bond acceptors (Lipinski definition) is 14. The van der Waals surface area contributed by atoms with Crippen molar-refractivity contribution in [2.24, 2.45) is 40.7 Å². The molecule has 0 spiro atoms. The highest BCUT2D eigenvalue weighted by atomic mass is 32.1. The lowest BCUT2D eigenvalue weighted by molar-refractivity contribution is -0.135. The summed E-state index contributed by atoms with van der Waals surface area (Å²) in [6, 6.07) is -4.22. The summed E-state index contributed by atoms with van der Waals surface area (Å²) in [5.41, 5.74) is 25.5. The number of nitrogens with zero attached hydrogens (tertiary/aromatic N) is 3. The Kier molecular flexibility index (Phi) is 34.9. The van der Waals surface area contributed by atoms with E-state index in [9.17, 15) is 33.6 Å². The van der Waals surface area contributed by atoms with Gasteiger partial charge < -0.3 is 59.2 Å². The lowest BCUT2D eigenvalue weighted by Crippen LogP contribution is -2.56. The highest BCUT2D eigenvalue weighted by molar-refractivity contribution is 7.80. The monoisotopic (exact) mass is 1110 g/mol. The van der Waals surface area contributed by atoms with Gasteiger partial charge in [-0.05, 0) is 89.8 Å². The summed E-state index contributed by atoms with van der Waals surface area (Å²) in [4.78, 5) is 119. The molecule has 0 aliphatic heterocycles. The van der Waals surface area contributed by atoms with Crippen LogP contribution in [0.2, 0.25) is 0 Å². The van der Waals surface area contributed by atoms with Crippen LogP contribution in [0.25, 0.3) is 0 Å². The molecular formula is C56H96N14O7S. The van der Waals surface area contributed by atoms with Crippen LogP contribution in [0.15, 0.2) is 37.6 Å². The van der Waals surface area contributed by atoms with Gasteiger partial charge in [-0.15, -0.1) is 0 Å². The van der Waals surface area contributed by atoms with Crippen LogP contribution in [0.4, 0.5) is 0 Å². The Bertz CT molecular complexity index is 2110. The number of thiol groups is 1. The summed E-state index contributed by atoms with van der Waals surface area (Å²) in [6.07, 6.45) is 28.9. The molecule has 0 aromatic carbocycles. The molecule has 5 amide bonds. The van der Waals surface area contributed by atoms with Gasteiger partial charge in [-0.2, -0.15) is 12.6 Å². The van der Waals surface area contributed by atoms with Gasteiger partial charge in [-0.25, -0.2) is 15.0 Å². The zero-order valence-corrected chi connectivity index (χ0v) is 47.5. The van der Waals surface area contributed by atoms with E-state index in [1.807, 2.05) is 0 Å². The van der Waals surface area contributed by atoms with E-state index in [1.165, 1.54) is 76.8 Å². The molecule has 3 rings (SSSR count). The van der Waals surface area contributed by atoms with Gasteiger partial charge in [0.2, 0.25) is 29.5 Å². The average molecular weight is 1110 g/mol. The Labute approximate surface area is 468 Å². The van der Waals surface area contributed by atoms with Crippen molar-refractivity contribution in [3.8, 4) is 0 Å². The van der Waals surface area contributed by atoms with Gasteiger partial charge in [0.25, 0.3) is 0 Å². The lowest BCUT2D eigenvalue weighted by atomic mass is 9.80. The summed E-state index contributed by atoms with van der Waals surface area (Å²) in [7, 11) is 0. The summed E-state index contributed by atoms with van der Waals surface area (Å²) >= 11 is 4.37. The SMILES string of the molecule is CCCCCCCCCCCCCCCC(=O)N[C@@H](CS)C(=O)N[C@H](CCCCN)C(=O)N[C@@H](CCCCN)C(=O)C[C@H](CCCCN)C(=O)N[C@@H](Cc1cnc[nH]1)C(=O)C[C@H](Cc1cnc[nH]1)[C@@H](Cc1cnc[nH]1)C(N)=O. The maximum absolute atomic E-state index is 14.6. The Hall–Kier alpha value is -5.45. The van der Waals surface area contributed by atoms with E-state index in [0.29, 0.717) is 81.7 Å². The summed E-state index contributed by atoms with van der Waals surface area (Å²) in [5, 5.41) is 11.5. The van der Waals surface area contributed by atoms with Crippen LogP contribution in [0.5, 0.6) is 0 Å². The number of hydrogen-bond donors (Lipinski definition) is 12. The lowest BCUT2D eigenvalue weighted by Gasteiger charge is -2.28. The second kappa shape index (κ2) is 40.7. The number of aromatic nitrogens is 6. The number of nitrogens with two attached hydrogens (primary N) is 4. The molecule has 3 heterocycles. The predicted octanol–water partition coefficient (Wildman–Crippen LogP) is 4.87. The van der Waals surface area contributed by atoms with Gasteiger partial charge in [-0.1, -0.05) is 90.4 Å². The number of aromatic amines is 3. The van der Waals surface area contributed by atoms with Crippen LogP contribution in [0, 0.1) is 17.8 Å². The Morgan fingerprint density at radius 1 is 0.500 bits per heavy atom. The van der Waals surface area contributed by atoms with E-state index >= 15 is 0 Å². The highest BCUT2D eigenvalue weighted by Gasteiger charge is 2.36. The molecule has 22 heteroatoms. The molecule has 438 valence electrons. The minimum Gasteiger partial charge on any atom is -0.369 e. The standard InChI is InChI=1S/C56H96N14O7S/c1-2-3-4-5-6-7-8-9-10-11-12-13-14-24-52(73)67-49(36-78)56(77)69-47(23-17-20-27-59)55(76)68-46(22-16-19-26-58)50(71)29-40(21-15-18-25-57)54(75)70-48(32-44-35-63-39-66-44)51(72)30-41(28-42-33-61-37-64-42)45(53(60)74)31-43-34-62-38-65-43/h33-35,37-41,45-49,78H,2-32,36,57-59H2,1H3,(H2,60,74)(H,61,64)(H,62,65)(H,63,66)(H,67,73)(H,68,76)(H,69,77)(H,70,75)/t40-,41-,45+,46-,47+,48-,49-/m0/s1. The number of carbonyl (C=O) groups is 7. The van der Waals surface area contributed by atoms with Crippen molar-refractivity contribution in [2.45, 2.75) is 211 Å². The number of amides is 5. The largest absolute Gasteiger partial charge is 0.369 e. The van der Waals surface area contributed by atoms with Gasteiger partial charge in [-0.3, -0.25) is 33.6 Å². The fourth-order valence-corrected chi connectivity index (χ4v) is 10.1. The number of primary amides is 1. The third kappa shape index (κ3) is 27.4. The number of rotatable bonds is 48. The van der Waals surface area contributed by atoms with Crippen molar-refractivity contribution in [3.63, 3.8) is 0 Å². The van der Waals surface area contributed by atoms with Crippen LogP contribution >= 0.6 is 12.6 Å². The molecule has 0 saturated heterocycles. The van der Waals surface area contributed by atoms with Gasteiger partial charge in [0.1, 0.15) is 12.1 Å². The second-order valence-corrected chi connectivity index (χ2v) is 21.3. The summed E-state index contributed by atoms with van der Waals surface area (Å²) < 4.78 is 0. The van der Waals surface area contributed by atoms with Crippen molar-refractivity contribution in [1.29, 1.82) is 0 Å². The zero-order chi connectivity index (χ0) is 56.8. The third-order valence-corrected chi connectivity index (χ3v) is 14.9. The van der Waals surface area contributed by atoms with Crippen LogP contribution < -0.4 is 44.2 Å². The Balaban J connectivity index is 1.74. The fraction of sp³-hybridized carbons (Fsp3) is 0.714. The van der Waals surface area contributed by atoms with Crippen molar-refractivity contribution in [2.75, 3.05) is 25.4 Å². The van der Waals surface area contributed by atoms with Gasteiger partial charge in [0, 0.05) is 85.4 Å². The van der Waals surface area contributed by atoms with E-state index in [4.69, 9.17) is 22.9 Å². The second-order valence-electron chi connectivity index (χ2n) is 21.0. The molecule has 0 bridgehead atoms. The van der Waals surface area contributed by atoms with Crippen LogP contribution in [-0.2, 0) is 52.8 Å². The number of unbranched alkanes of at least 4 members (excludes halogenated alkanes) is 15. The molecule has 0 saturated carbocycles. The van der Waals surface area contributed by atoms with E-state index < -0.39 is 71.3 Å². The molecular weight excluding hydrogens is 1010 g/mol. The van der Waals surface area contributed by atoms with Gasteiger partial charge in [0.15, 0.2) is 11.6 Å². The van der Waals surface area contributed by atoms with Gasteiger partial charge in [0.05, 0.1) is 31.1 Å². The van der Waals surface area contributed by atoms with E-state index in [2.05, 4.69) is 70.7 Å². The van der Waals surface area contributed by atoms with Crippen molar-refractivity contribution >= 4 is 53.7 Å².